The van der Waals surface area contributed by atoms with Crippen LogP contribution in [0.4, 0.5) is 19.1 Å². The molecule has 1 rings (SSSR count). The number of hydrogen-bond donors (Lipinski definition) is 2. The first-order valence-electron chi connectivity index (χ1n) is 6.37. The molecule has 1 heterocycles. The molecule has 0 atom stereocenters. The monoisotopic (exact) mass is 326 g/mol. The van der Waals surface area contributed by atoms with Gasteiger partial charge in [-0.05, 0) is 19.8 Å². The number of halogens is 3. The molecule has 2 N–H and O–H groups in total. The van der Waals surface area contributed by atoms with Crippen LogP contribution in [0.1, 0.15) is 26.2 Å². The van der Waals surface area contributed by atoms with Crippen LogP contribution in [0.25, 0.3) is 0 Å². The standard InChI is InChI=1S/C11H17F3N4O2S/c1-2-15-10-16-7-9(8-17-10)21(19,20)18-6-4-3-5-11(12,13)14/h7-8,18H,2-6H2,1H3,(H,15,16,17). The summed E-state index contributed by atoms with van der Waals surface area (Å²) in [5.41, 5.74) is 0. The van der Waals surface area contributed by atoms with Gasteiger partial charge in [0.15, 0.2) is 0 Å². The lowest BCUT2D eigenvalue weighted by molar-refractivity contribution is -0.135. The van der Waals surface area contributed by atoms with Gasteiger partial charge < -0.3 is 5.32 Å². The average molecular weight is 326 g/mol. The van der Waals surface area contributed by atoms with Gasteiger partial charge in [-0.3, -0.25) is 0 Å². The summed E-state index contributed by atoms with van der Waals surface area (Å²) in [5.74, 6) is 0.307. The van der Waals surface area contributed by atoms with Crippen LogP contribution < -0.4 is 10.0 Å². The zero-order valence-electron chi connectivity index (χ0n) is 11.4. The molecule has 0 aliphatic heterocycles. The van der Waals surface area contributed by atoms with Gasteiger partial charge in [0.1, 0.15) is 4.90 Å². The fraction of sp³-hybridized carbons (Fsp3) is 0.636. The third-order valence-electron chi connectivity index (χ3n) is 2.45. The molecule has 0 radical (unpaired) electrons. The van der Waals surface area contributed by atoms with Gasteiger partial charge in [0, 0.05) is 19.5 Å². The minimum atomic E-state index is -4.21. The van der Waals surface area contributed by atoms with Gasteiger partial charge in [0.05, 0.1) is 12.4 Å². The highest BCUT2D eigenvalue weighted by atomic mass is 32.2. The van der Waals surface area contributed by atoms with Crippen LogP contribution in [0.15, 0.2) is 17.3 Å². The highest BCUT2D eigenvalue weighted by Gasteiger charge is 2.26. The van der Waals surface area contributed by atoms with E-state index in [4.69, 9.17) is 0 Å². The molecule has 0 amide bonds. The van der Waals surface area contributed by atoms with Gasteiger partial charge >= 0.3 is 6.18 Å². The van der Waals surface area contributed by atoms with E-state index in [1.165, 1.54) is 0 Å². The predicted octanol–water partition coefficient (Wildman–Crippen LogP) is 1.92. The zero-order chi connectivity index (χ0) is 15.9. The van der Waals surface area contributed by atoms with Gasteiger partial charge in [-0.2, -0.15) is 13.2 Å². The molecule has 0 unspecified atom stereocenters. The number of anilines is 1. The van der Waals surface area contributed by atoms with E-state index < -0.39 is 22.6 Å². The Morgan fingerprint density at radius 2 is 1.81 bits per heavy atom. The minimum absolute atomic E-state index is 0.0621. The van der Waals surface area contributed by atoms with Crippen LogP contribution in [0.5, 0.6) is 0 Å². The Kier molecular flexibility index (Phi) is 6.34. The largest absolute Gasteiger partial charge is 0.389 e. The van der Waals surface area contributed by atoms with E-state index >= 15 is 0 Å². The average Bonchev–Trinajstić information content (AvgIpc) is 2.38. The van der Waals surface area contributed by atoms with Gasteiger partial charge in [-0.15, -0.1) is 0 Å². The number of nitrogens with one attached hydrogen (secondary N) is 2. The van der Waals surface area contributed by atoms with Gasteiger partial charge in [-0.25, -0.2) is 23.1 Å². The highest BCUT2D eigenvalue weighted by molar-refractivity contribution is 7.89. The van der Waals surface area contributed by atoms with Crippen LogP contribution in [-0.4, -0.2) is 37.7 Å². The van der Waals surface area contributed by atoms with Crippen molar-refractivity contribution in [3.63, 3.8) is 0 Å². The molecule has 21 heavy (non-hydrogen) atoms. The molecule has 0 saturated carbocycles. The number of aromatic nitrogens is 2. The van der Waals surface area contributed by atoms with E-state index in [-0.39, 0.29) is 24.3 Å². The summed E-state index contributed by atoms with van der Waals surface area (Å²) >= 11 is 0. The molecule has 0 bridgehead atoms. The Morgan fingerprint density at radius 3 is 2.33 bits per heavy atom. The summed E-state index contributed by atoms with van der Waals surface area (Å²) in [5, 5.41) is 2.82. The molecule has 10 heteroatoms. The zero-order valence-corrected chi connectivity index (χ0v) is 12.3. The molecule has 0 aliphatic carbocycles. The van der Waals surface area contributed by atoms with Crippen LogP contribution in [-0.2, 0) is 10.0 Å². The number of nitrogens with zero attached hydrogens (tertiary/aromatic N) is 2. The first-order valence-corrected chi connectivity index (χ1v) is 7.85. The Hall–Kier alpha value is -1.42. The maximum Gasteiger partial charge on any atom is 0.389 e. The Morgan fingerprint density at radius 1 is 1.19 bits per heavy atom. The van der Waals surface area contributed by atoms with Crippen LogP contribution >= 0.6 is 0 Å². The summed E-state index contributed by atoms with van der Waals surface area (Å²) in [7, 11) is -3.79. The topological polar surface area (TPSA) is 84.0 Å². The van der Waals surface area contributed by atoms with Gasteiger partial charge in [0.2, 0.25) is 16.0 Å². The van der Waals surface area contributed by atoms with Crippen molar-refractivity contribution < 1.29 is 21.6 Å². The summed E-state index contributed by atoms with van der Waals surface area (Å²) < 4.78 is 61.6. The molecule has 6 nitrogen and oxygen atoms in total. The number of alkyl halides is 3. The van der Waals surface area contributed by atoms with Crippen molar-refractivity contribution >= 4 is 16.0 Å². The van der Waals surface area contributed by atoms with E-state index in [0.29, 0.717) is 12.5 Å². The Bertz CT molecular complexity index is 531. The highest BCUT2D eigenvalue weighted by Crippen LogP contribution is 2.21. The Labute approximate surface area is 121 Å². The molecule has 0 fully saturated rings. The van der Waals surface area contributed by atoms with E-state index in [1.807, 2.05) is 6.92 Å². The quantitative estimate of drug-likeness (QED) is 0.713. The van der Waals surface area contributed by atoms with Crippen molar-refractivity contribution in [2.75, 3.05) is 18.4 Å². The van der Waals surface area contributed by atoms with Gasteiger partial charge in [-0.1, -0.05) is 0 Å². The van der Waals surface area contributed by atoms with Crippen molar-refractivity contribution in [2.24, 2.45) is 0 Å². The molecule has 0 spiro atoms. The third kappa shape index (κ3) is 6.71. The Balaban J connectivity index is 2.46. The lowest BCUT2D eigenvalue weighted by atomic mass is 10.2. The first-order chi connectivity index (χ1) is 9.74. The van der Waals surface area contributed by atoms with Crippen molar-refractivity contribution in [2.45, 2.75) is 37.3 Å². The molecular formula is C11H17F3N4O2S. The number of sulfonamides is 1. The molecule has 0 aromatic carbocycles. The van der Waals surface area contributed by atoms with Crippen molar-refractivity contribution in [3.8, 4) is 0 Å². The molecule has 120 valence electrons. The van der Waals surface area contributed by atoms with Crippen LogP contribution in [0, 0.1) is 0 Å². The van der Waals surface area contributed by atoms with Crippen molar-refractivity contribution in [1.82, 2.24) is 14.7 Å². The fourth-order valence-corrected chi connectivity index (χ4v) is 2.41. The lowest BCUT2D eigenvalue weighted by Gasteiger charge is -2.08. The molecule has 1 aromatic rings. The second kappa shape index (κ2) is 7.55. The summed E-state index contributed by atoms with van der Waals surface area (Å²) in [4.78, 5) is 7.52. The van der Waals surface area contributed by atoms with E-state index in [9.17, 15) is 21.6 Å². The summed E-state index contributed by atoms with van der Waals surface area (Å²) in [6, 6.07) is 0. The summed E-state index contributed by atoms with van der Waals surface area (Å²) in [6.45, 7) is 2.38. The van der Waals surface area contributed by atoms with E-state index in [1.54, 1.807) is 0 Å². The van der Waals surface area contributed by atoms with E-state index in [2.05, 4.69) is 20.0 Å². The second-order valence-electron chi connectivity index (χ2n) is 4.24. The fourth-order valence-electron chi connectivity index (χ4n) is 1.44. The number of hydrogen-bond acceptors (Lipinski definition) is 5. The predicted molar refractivity (Wildman–Crippen MR) is 71.3 cm³/mol. The third-order valence-corrected chi connectivity index (χ3v) is 3.87. The maximum atomic E-state index is 11.9. The molecule has 0 saturated heterocycles. The molecular weight excluding hydrogens is 309 g/mol. The summed E-state index contributed by atoms with van der Waals surface area (Å²) in [6.07, 6.45) is -2.87. The van der Waals surface area contributed by atoms with Crippen molar-refractivity contribution in [1.29, 1.82) is 0 Å². The molecule has 1 aromatic heterocycles. The lowest BCUT2D eigenvalue weighted by Crippen LogP contribution is -2.25. The second-order valence-corrected chi connectivity index (χ2v) is 6.01. The normalized spacial score (nSPS) is 12.4. The number of unbranched alkanes of at least 4 members (excludes halogenated alkanes) is 1. The minimum Gasteiger partial charge on any atom is -0.355 e. The van der Waals surface area contributed by atoms with Crippen LogP contribution in [0.2, 0.25) is 0 Å². The van der Waals surface area contributed by atoms with Gasteiger partial charge in [0.25, 0.3) is 0 Å². The smallest absolute Gasteiger partial charge is 0.355 e. The first kappa shape index (κ1) is 17.6. The van der Waals surface area contributed by atoms with E-state index in [0.717, 1.165) is 12.4 Å². The number of rotatable bonds is 8. The maximum absolute atomic E-state index is 11.9. The molecule has 0 aliphatic rings. The van der Waals surface area contributed by atoms with Crippen molar-refractivity contribution in [3.05, 3.63) is 12.4 Å². The van der Waals surface area contributed by atoms with Crippen LogP contribution in [0.3, 0.4) is 0 Å². The SMILES string of the molecule is CCNc1ncc(S(=O)(=O)NCCCCC(F)(F)F)cn1.